The van der Waals surface area contributed by atoms with Crippen molar-refractivity contribution in [3.05, 3.63) is 59.4 Å². The van der Waals surface area contributed by atoms with Gasteiger partial charge in [0.15, 0.2) is 17.6 Å². The molecule has 35 heavy (non-hydrogen) atoms. The molecule has 0 saturated carbocycles. The molecule has 6 nitrogen and oxygen atoms in total. The SMILES string of the molecule is COc1cc(C(=O)N2CCC3(c4cccc(F)c4)OCOC3C2)ccc1OC(C)C(F)(F)C(F)F. The van der Waals surface area contributed by atoms with Crippen LogP contribution in [-0.2, 0) is 15.1 Å². The number of benzene rings is 2. The van der Waals surface area contributed by atoms with E-state index in [9.17, 15) is 26.7 Å². The van der Waals surface area contributed by atoms with E-state index < -0.39 is 36.0 Å². The Hall–Kier alpha value is -2.92. The van der Waals surface area contributed by atoms with Crippen molar-refractivity contribution in [2.45, 2.75) is 43.5 Å². The third kappa shape index (κ3) is 4.66. The van der Waals surface area contributed by atoms with Gasteiger partial charge in [-0.3, -0.25) is 4.79 Å². The van der Waals surface area contributed by atoms with Crippen LogP contribution in [0.3, 0.4) is 0 Å². The average Bonchev–Trinajstić information content (AvgIpc) is 3.28. The van der Waals surface area contributed by atoms with Crippen LogP contribution in [0.5, 0.6) is 11.5 Å². The number of methoxy groups -OCH3 is 1. The lowest BCUT2D eigenvalue weighted by atomic mass is 9.82. The molecule has 1 amide bonds. The zero-order valence-electron chi connectivity index (χ0n) is 19.0. The normalized spacial score (nSPS) is 23.2. The molecular formula is C24H24F5NO5. The minimum atomic E-state index is -4.37. The maximum absolute atomic E-state index is 13.8. The third-order valence-electron chi connectivity index (χ3n) is 6.39. The number of likely N-dealkylation sites (tertiary alicyclic amines) is 1. The molecule has 2 aliphatic heterocycles. The molecular weight excluding hydrogens is 477 g/mol. The van der Waals surface area contributed by atoms with Gasteiger partial charge in [-0.2, -0.15) is 8.78 Å². The Labute approximate surface area is 198 Å². The quantitative estimate of drug-likeness (QED) is 0.519. The number of carbonyl (C=O) groups is 1. The van der Waals surface area contributed by atoms with Crippen LogP contribution in [0.2, 0.25) is 0 Å². The standard InChI is InChI=1S/C24H24F5NO5/c1-14(24(28,29)22(26)27)35-18-7-6-15(10-19(18)32-2)21(31)30-9-8-23(20(12-30)33-13-34-23)16-4-3-5-17(25)11-16/h3-7,10-11,14,20,22H,8-9,12-13H2,1-2H3. The molecule has 3 unspecified atom stereocenters. The van der Waals surface area contributed by atoms with Crippen molar-refractivity contribution in [1.82, 2.24) is 4.90 Å². The van der Waals surface area contributed by atoms with Gasteiger partial charge in [0.05, 0.1) is 13.7 Å². The van der Waals surface area contributed by atoms with Crippen LogP contribution in [-0.4, -0.2) is 62.4 Å². The second-order valence-corrected chi connectivity index (χ2v) is 8.42. The van der Waals surface area contributed by atoms with Crippen molar-refractivity contribution in [1.29, 1.82) is 0 Å². The second-order valence-electron chi connectivity index (χ2n) is 8.42. The number of piperidine rings is 1. The minimum Gasteiger partial charge on any atom is -0.493 e. The average molecular weight is 501 g/mol. The van der Waals surface area contributed by atoms with Gasteiger partial charge in [-0.05, 0) is 42.8 Å². The van der Waals surface area contributed by atoms with Crippen LogP contribution in [0.4, 0.5) is 22.0 Å². The predicted molar refractivity (Wildman–Crippen MR) is 113 cm³/mol. The van der Waals surface area contributed by atoms with Crippen LogP contribution in [0.1, 0.15) is 29.3 Å². The Kier molecular flexibility index (Phi) is 6.92. The fourth-order valence-electron chi connectivity index (χ4n) is 4.35. The number of nitrogens with zero attached hydrogens (tertiary/aromatic N) is 1. The first-order chi connectivity index (χ1) is 16.6. The van der Waals surface area contributed by atoms with Gasteiger partial charge in [0.2, 0.25) is 0 Å². The molecule has 2 fully saturated rings. The summed E-state index contributed by atoms with van der Waals surface area (Å²) in [6.07, 6.45) is -6.19. The Morgan fingerprint density at radius 1 is 1.20 bits per heavy atom. The molecule has 2 aromatic rings. The number of amides is 1. The summed E-state index contributed by atoms with van der Waals surface area (Å²) in [6, 6.07) is 9.93. The highest BCUT2D eigenvalue weighted by Crippen LogP contribution is 2.43. The Morgan fingerprint density at radius 3 is 2.66 bits per heavy atom. The van der Waals surface area contributed by atoms with E-state index in [0.29, 0.717) is 12.0 Å². The fourth-order valence-corrected chi connectivity index (χ4v) is 4.35. The van der Waals surface area contributed by atoms with Crippen molar-refractivity contribution < 1.29 is 45.7 Å². The van der Waals surface area contributed by atoms with Gasteiger partial charge in [0.1, 0.15) is 24.3 Å². The molecule has 2 aromatic carbocycles. The van der Waals surface area contributed by atoms with E-state index in [-0.39, 0.29) is 42.9 Å². The molecule has 0 radical (unpaired) electrons. The van der Waals surface area contributed by atoms with Crippen molar-refractivity contribution in [2.75, 3.05) is 27.0 Å². The van der Waals surface area contributed by atoms with Crippen LogP contribution >= 0.6 is 0 Å². The topological polar surface area (TPSA) is 57.2 Å². The lowest BCUT2D eigenvalue weighted by Gasteiger charge is -2.42. The van der Waals surface area contributed by atoms with Gasteiger partial charge >= 0.3 is 12.3 Å². The molecule has 0 N–H and O–H groups in total. The maximum atomic E-state index is 13.8. The summed E-state index contributed by atoms with van der Waals surface area (Å²) in [5.41, 5.74) is -0.0648. The van der Waals surface area contributed by atoms with Gasteiger partial charge in [-0.25, -0.2) is 13.2 Å². The molecule has 2 aliphatic rings. The van der Waals surface area contributed by atoms with E-state index in [2.05, 4.69) is 0 Å². The largest absolute Gasteiger partial charge is 0.493 e. The van der Waals surface area contributed by atoms with E-state index in [1.807, 2.05) is 0 Å². The molecule has 0 spiro atoms. The Morgan fingerprint density at radius 2 is 1.97 bits per heavy atom. The summed E-state index contributed by atoms with van der Waals surface area (Å²) in [4.78, 5) is 14.7. The van der Waals surface area contributed by atoms with E-state index in [0.717, 1.165) is 6.92 Å². The van der Waals surface area contributed by atoms with Gasteiger partial charge in [-0.1, -0.05) is 12.1 Å². The highest BCUT2D eigenvalue weighted by atomic mass is 19.3. The first-order valence-electron chi connectivity index (χ1n) is 10.9. The number of fused-ring (bicyclic) bond motifs is 1. The monoisotopic (exact) mass is 501 g/mol. The third-order valence-corrected chi connectivity index (χ3v) is 6.39. The smallest absolute Gasteiger partial charge is 0.342 e. The Bertz CT molecular complexity index is 1080. The number of ether oxygens (including phenoxy) is 4. The first kappa shape index (κ1) is 25.2. The highest BCUT2D eigenvalue weighted by molar-refractivity contribution is 5.95. The van der Waals surface area contributed by atoms with Gasteiger partial charge in [0, 0.05) is 18.5 Å². The first-order valence-corrected chi connectivity index (χ1v) is 10.9. The zero-order chi connectivity index (χ0) is 25.4. The van der Waals surface area contributed by atoms with E-state index in [1.54, 1.807) is 17.0 Å². The van der Waals surface area contributed by atoms with Gasteiger partial charge in [-0.15, -0.1) is 0 Å². The molecule has 2 saturated heterocycles. The predicted octanol–water partition coefficient (Wildman–Crippen LogP) is 4.62. The molecule has 0 aromatic heterocycles. The molecule has 4 rings (SSSR count). The summed E-state index contributed by atoms with van der Waals surface area (Å²) >= 11 is 0. The van der Waals surface area contributed by atoms with E-state index >= 15 is 0 Å². The van der Waals surface area contributed by atoms with Crippen molar-refractivity contribution in [2.24, 2.45) is 0 Å². The van der Waals surface area contributed by atoms with Gasteiger partial charge in [0.25, 0.3) is 5.91 Å². The molecule has 2 heterocycles. The van der Waals surface area contributed by atoms with Crippen LogP contribution in [0.25, 0.3) is 0 Å². The molecule has 3 atom stereocenters. The summed E-state index contributed by atoms with van der Waals surface area (Å²) in [5.74, 6) is -5.42. The summed E-state index contributed by atoms with van der Waals surface area (Å²) < 4.78 is 88.0. The van der Waals surface area contributed by atoms with Crippen LogP contribution in [0.15, 0.2) is 42.5 Å². The lowest BCUT2D eigenvalue weighted by molar-refractivity contribution is -0.178. The number of hydrogen-bond donors (Lipinski definition) is 0. The van der Waals surface area contributed by atoms with Crippen molar-refractivity contribution in [3.8, 4) is 11.5 Å². The van der Waals surface area contributed by atoms with E-state index in [1.165, 1.54) is 37.4 Å². The number of hydrogen-bond acceptors (Lipinski definition) is 5. The number of alkyl halides is 4. The number of rotatable bonds is 7. The van der Waals surface area contributed by atoms with Crippen molar-refractivity contribution >= 4 is 5.91 Å². The van der Waals surface area contributed by atoms with Crippen LogP contribution in [0, 0.1) is 5.82 Å². The highest BCUT2D eigenvalue weighted by Gasteiger charge is 2.51. The Balaban J connectivity index is 1.50. The summed E-state index contributed by atoms with van der Waals surface area (Å²) in [5, 5.41) is 0. The lowest BCUT2D eigenvalue weighted by Crippen LogP contribution is -2.53. The van der Waals surface area contributed by atoms with E-state index in [4.69, 9.17) is 18.9 Å². The molecule has 0 aliphatic carbocycles. The van der Waals surface area contributed by atoms with Crippen molar-refractivity contribution in [3.63, 3.8) is 0 Å². The fraction of sp³-hybridized carbons (Fsp3) is 0.458. The molecule has 11 heteroatoms. The second kappa shape index (κ2) is 9.62. The summed E-state index contributed by atoms with van der Waals surface area (Å²) in [6.45, 7) is 1.29. The maximum Gasteiger partial charge on any atom is 0.342 e. The molecule has 0 bridgehead atoms. The van der Waals surface area contributed by atoms with Crippen LogP contribution < -0.4 is 9.47 Å². The summed E-state index contributed by atoms with van der Waals surface area (Å²) in [7, 11) is 1.24. The minimum absolute atomic E-state index is 0.00447. The van der Waals surface area contributed by atoms with Gasteiger partial charge < -0.3 is 23.8 Å². The zero-order valence-corrected chi connectivity index (χ0v) is 19.0. The molecule has 190 valence electrons. The number of halogens is 5. The number of carbonyl (C=O) groups excluding carboxylic acids is 1.